The molecule has 3 rings (SSSR count). The molecule has 2 N–H and O–H groups in total. The van der Waals surface area contributed by atoms with Crippen LogP contribution in [0.25, 0.3) is 0 Å². The van der Waals surface area contributed by atoms with Gasteiger partial charge in [0.2, 0.25) is 0 Å². The van der Waals surface area contributed by atoms with Crippen molar-refractivity contribution in [2.45, 2.75) is 129 Å². The van der Waals surface area contributed by atoms with E-state index in [0.29, 0.717) is 0 Å². The molecule has 1 fully saturated rings. The molecule has 2 aromatic carbocycles. The van der Waals surface area contributed by atoms with Gasteiger partial charge in [0.15, 0.2) is 0 Å². The van der Waals surface area contributed by atoms with Crippen LogP contribution in [-0.4, -0.2) is 34.7 Å². The highest BCUT2D eigenvalue weighted by Gasteiger charge is 2.23. The van der Waals surface area contributed by atoms with Gasteiger partial charge in [-0.2, -0.15) is 0 Å². The number of aromatic hydroxyl groups is 2. The number of hydrogen-bond acceptors (Lipinski definition) is 4. The third kappa shape index (κ3) is 10.3. The predicted octanol–water partition coefficient (Wildman–Crippen LogP) is 8.97. The van der Waals surface area contributed by atoms with E-state index in [2.05, 4.69) is 26.0 Å². The molecule has 2 atom stereocenters. The Morgan fingerprint density at radius 3 is 1.47 bits per heavy atom. The average Bonchev–Trinajstić information content (AvgIpc) is 2.93. The fourth-order valence-electron chi connectivity index (χ4n) is 5.38. The first kappa shape index (κ1) is 29.9. The van der Waals surface area contributed by atoms with E-state index in [4.69, 9.17) is 9.98 Å². The lowest BCUT2D eigenvalue weighted by Crippen LogP contribution is -2.27. The molecule has 0 amide bonds. The first-order chi connectivity index (χ1) is 18.6. The van der Waals surface area contributed by atoms with E-state index in [1.54, 1.807) is 12.1 Å². The van der Waals surface area contributed by atoms with Gasteiger partial charge in [-0.15, -0.1) is 0 Å². The number of phenols is 2. The van der Waals surface area contributed by atoms with Crippen molar-refractivity contribution in [2.75, 3.05) is 0 Å². The maximum Gasteiger partial charge on any atom is 0.124 e. The second-order valence-corrected chi connectivity index (χ2v) is 11.1. The third-order valence-corrected chi connectivity index (χ3v) is 7.83. The van der Waals surface area contributed by atoms with E-state index in [1.807, 2.05) is 24.6 Å². The molecule has 0 saturated heterocycles. The first-order valence-corrected chi connectivity index (χ1v) is 15.3. The van der Waals surface area contributed by atoms with Crippen LogP contribution >= 0.6 is 0 Å². The highest BCUT2D eigenvalue weighted by Crippen LogP contribution is 2.26. The molecule has 0 spiro atoms. The van der Waals surface area contributed by atoms with Gasteiger partial charge in [0.1, 0.15) is 11.5 Å². The van der Waals surface area contributed by atoms with E-state index in [9.17, 15) is 10.2 Å². The summed E-state index contributed by atoms with van der Waals surface area (Å²) in [4.78, 5) is 9.83. The Morgan fingerprint density at radius 2 is 1.05 bits per heavy atom. The van der Waals surface area contributed by atoms with Gasteiger partial charge in [-0.05, 0) is 73.9 Å². The molecular weight excluding hydrogens is 468 g/mol. The lowest BCUT2D eigenvalue weighted by molar-refractivity contribution is 0.390. The van der Waals surface area contributed by atoms with E-state index in [1.165, 1.54) is 75.3 Å². The summed E-state index contributed by atoms with van der Waals surface area (Å²) < 4.78 is 0. The molecule has 0 heterocycles. The zero-order chi connectivity index (χ0) is 27.0. The molecular formula is C34H50N2O2. The number of phenolic OH excluding ortho intramolecular Hbond substituents is 2. The number of hydrogen-bond donors (Lipinski definition) is 2. The molecule has 0 radical (unpaired) electrons. The zero-order valence-corrected chi connectivity index (χ0v) is 23.9. The van der Waals surface area contributed by atoms with Crippen molar-refractivity contribution in [1.29, 1.82) is 0 Å². The number of aliphatic imine (C=N–C) groups is 2. The van der Waals surface area contributed by atoms with Crippen LogP contribution in [0.1, 0.15) is 126 Å². The normalized spacial score (nSPS) is 18.1. The second-order valence-electron chi connectivity index (χ2n) is 11.1. The van der Waals surface area contributed by atoms with Crippen molar-refractivity contribution in [1.82, 2.24) is 0 Å². The monoisotopic (exact) mass is 518 g/mol. The van der Waals surface area contributed by atoms with Crippen LogP contribution in [0.15, 0.2) is 46.4 Å². The molecule has 2 aromatic rings. The predicted molar refractivity (Wildman–Crippen MR) is 162 cm³/mol. The molecule has 0 unspecified atom stereocenters. The molecule has 0 bridgehead atoms. The first-order valence-electron chi connectivity index (χ1n) is 15.3. The van der Waals surface area contributed by atoms with Gasteiger partial charge >= 0.3 is 0 Å². The van der Waals surface area contributed by atoms with Crippen molar-refractivity contribution in [3.05, 3.63) is 58.7 Å². The highest BCUT2D eigenvalue weighted by molar-refractivity contribution is 5.84. The average molecular weight is 519 g/mol. The summed E-state index contributed by atoms with van der Waals surface area (Å²) in [7, 11) is 0. The van der Waals surface area contributed by atoms with Crippen LogP contribution in [0.5, 0.6) is 11.5 Å². The Bertz CT molecular complexity index is 932. The summed E-state index contributed by atoms with van der Waals surface area (Å²) in [6.07, 6.45) is 22.7. The van der Waals surface area contributed by atoms with Crippen molar-refractivity contribution >= 4 is 12.4 Å². The van der Waals surface area contributed by atoms with Crippen molar-refractivity contribution in [2.24, 2.45) is 9.98 Å². The molecule has 38 heavy (non-hydrogen) atoms. The minimum Gasteiger partial charge on any atom is -0.507 e. The Morgan fingerprint density at radius 1 is 0.632 bits per heavy atom. The molecule has 1 saturated carbocycles. The van der Waals surface area contributed by atoms with Crippen LogP contribution in [-0.2, 0) is 12.8 Å². The van der Waals surface area contributed by atoms with Gasteiger partial charge in [0.25, 0.3) is 0 Å². The van der Waals surface area contributed by atoms with E-state index >= 15 is 0 Å². The summed E-state index contributed by atoms with van der Waals surface area (Å²) in [5, 5.41) is 20.9. The molecule has 0 aliphatic heterocycles. The Balaban J connectivity index is 1.61. The van der Waals surface area contributed by atoms with E-state index in [-0.39, 0.29) is 23.6 Å². The quantitative estimate of drug-likeness (QED) is 0.172. The number of benzene rings is 2. The Kier molecular flexibility index (Phi) is 13.4. The third-order valence-electron chi connectivity index (χ3n) is 7.83. The van der Waals surface area contributed by atoms with E-state index < -0.39 is 0 Å². The molecule has 0 aromatic heterocycles. The molecule has 4 heteroatoms. The number of nitrogens with zero attached hydrogens (tertiary/aromatic N) is 2. The van der Waals surface area contributed by atoms with Crippen molar-refractivity contribution in [3.63, 3.8) is 0 Å². The van der Waals surface area contributed by atoms with Crippen molar-refractivity contribution < 1.29 is 10.2 Å². The Labute approximate surface area is 231 Å². The van der Waals surface area contributed by atoms with Crippen molar-refractivity contribution in [3.8, 4) is 11.5 Å². The summed E-state index contributed by atoms with van der Waals surface area (Å²) in [6.45, 7) is 4.48. The van der Waals surface area contributed by atoms with Gasteiger partial charge in [0, 0.05) is 23.6 Å². The van der Waals surface area contributed by atoms with Gasteiger partial charge in [-0.3, -0.25) is 9.98 Å². The number of aryl methyl sites for hydroxylation is 2. The summed E-state index contributed by atoms with van der Waals surface area (Å²) in [5.41, 5.74) is 4.13. The number of unbranched alkanes of at least 4 members (excludes halogenated alkanes) is 8. The topological polar surface area (TPSA) is 65.2 Å². The molecule has 1 aliphatic rings. The van der Waals surface area contributed by atoms with E-state index in [0.717, 1.165) is 49.7 Å². The smallest absolute Gasteiger partial charge is 0.124 e. The fourth-order valence-corrected chi connectivity index (χ4v) is 5.38. The largest absolute Gasteiger partial charge is 0.507 e. The Hall–Kier alpha value is -2.62. The zero-order valence-electron chi connectivity index (χ0n) is 23.9. The van der Waals surface area contributed by atoms with Crippen LogP contribution < -0.4 is 0 Å². The van der Waals surface area contributed by atoms with Gasteiger partial charge < -0.3 is 10.2 Å². The van der Waals surface area contributed by atoms with Crippen LogP contribution in [0.4, 0.5) is 0 Å². The van der Waals surface area contributed by atoms with Gasteiger partial charge in [-0.25, -0.2) is 0 Å². The maximum absolute atomic E-state index is 10.4. The molecule has 4 nitrogen and oxygen atoms in total. The fraction of sp³-hybridized carbons (Fsp3) is 0.588. The lowest BCUT2D eigenvalue weighted by atomic mass is 9.91. The summed E-state index contributed by atoms with van der Waals surface area (Å²) >= 11 is 0. The van der Waals surface area contributed by atoms with Crippen LogP contribution in [0.3, 0.4) is 0 Å². The SMILES string of the molecule is CCCCCCCc1ccc(O)c(C=N[C@@H]2CCCC[C@H]2N=Cc2cc(CCCCCCC)ccc2O)c1. The second kappa shape index (κ2) is 17.1. The van der Waals surface area contributed by atoms with Gasteiger partial charge in [-0.1, -0.05) is 90.2 Å². The van der Waals surface area contributed by atoms with Crippen LogP contribution in [0.2, 0.25) is 0 Å². The summed E-state index contributed by atoms with van der Waals surface area (Å²) in [6, 6.07) is 12.1. The van der Waals surface area contributed by atoms with Gasteiger partial charge in [0.05, 0.1) is 12.1 Å². The minimum atomic E-state index is 0.0981. The molecule has 208 valence electrons. The van der Waals surface area contributed by atoms with Crippen LogP contribution in [0, 0.1) is 0 Å². The highest BCUT2D eigenvalue weighted by atomic mass is 16.3. The summed E-state index contributed by atoms with van der Waals surface area (Å²) in [5.74, 6) is 0.576. The standard InChI is InChI=1S/C34H50N2O2/c1-3-5-7-9-11-15-27-19-21-33(37)29(23-27)25-35-31-17-13-14-18-32(31)36-26-30-24-28(20-22-34(30)38)16-12-10-8-6-4-2/h19-26,31-32,37-38H,3-18H2,1-2H3/t31-,32-/m1/s1. The molecule has 1 aliphatic carbocycles. The number of rotatable bonds is 16. The maximum atomic E-state index is 10.4. The lowest BCUT2D eigenvalue weighted by Gasteiger charge is -2.25. The minimum absolute atomic E-state index is 0.0981.